The van der Waals surface area contributed by atoms with E-state index < -0.39 is 17.6 Å². The predicted octanol–water partition coefficient (Wildman–Crippen LogP) is 3.66. The van der Waals surface area contributed by atoms with Crippen LogP contribution in [-0.2, 0) is 9.59 Å². The van der Waals surface area contributed by atoms with Crippen LogP contribution in [0.1, 0.15) is 6.92 Å². The lowest BCUT2D eigenvalue weighted by Gasteiger charge is -2.15. The minimum atomic E-state index is -0.672. The number of carbonyl (C=O) groups excluding carboxylic acids is 2. The van der Waals surface area contributed by atoms with Crippen molar-refractivity contribution in [3.63, 3.8) is 0 Å². The van der Waals surface area contributed by atoms with Crippen molar-refractivity contribution in [1.82, 2.24) is 0 Å². The normalized spacial score (nSPS) is 14.3. The molecule has 2 aromatic carbocycles. The molecule has 0 radical (unpaired) electrons. The van der Waals surface area contributed by atoms with Crippen molar-refractivity contribution >= 4 is 34.8 Å². The second-order valence-electron chi connectivity index (χ2n) is 5.17. The number of halogens is 2. The fourth-order valence-corrected chi connectivity index (χ4v) is 2.61. The molecule has 1 aliphatic heterocycles. The van der Waals surface area contributed by atoms with Gasteiger partial charge in [-0.3, -0.25) is 9.59 Å². The van der Waals surface area contributed by atoms with Crippen LogP contribution < -0.4 is 15.0 Å². The van der Waals surface area contributed by atoms with Gasteiger partial charge in [0.1, 0.15) is 22.3 Å². The van der Waals surface area contributed by atoms with Crippen LogP contribution in [0.5, 0.6) is 5.75 Å². The zero-order valence-electron chi connectivity index (χ0n) is 13.3. The van der Waals surface area contributed by atoms with Gasteiger partial charge in [0.2, 0.25) is 0 Å². The molecule has 7 heteroatoms. The lowest BCUT2D eigenvalue weighted by molar-refractivity contribution is -0.120. The van der Waals surface area contributed by atoms with E-state index in [1.54, 1.807) is 30.3 Å². The minimum absolute atomic E-state index is 0.0605. The summed E-state index contributed by atoms with van der Waals surface area (Å²) in [5.41, 5.74) is 0.248. The maximum absolute atomic E-state index is 13.8. The number of ether oxygens (including phenoxy) is 1. The standard InChI is InChI=1S/C18H14ClFN2O3/c1-2-25-12-9-7-11(8-10-12)22-17(23)15(19)16(18(22)24)21-14-6-4-3-5-13(14)20/h3-10,21H,2H2,1H3. The molecule has 0 aromatic heterocycles. The molecular weight excluding hydrogens is 347 g/mol. The number of amides is 2. The third kappa shape index (κ3) is 3.21. The summed E-state index contributed by atoms with van der Waals surface area (Å²) in [6, 6.07) is 12.3. The molecule has 3 rings (SSSR count). The van der Waals surface area contributed by atoms with Crippen LogP contribution in [0.25, 0.3) is 0 Å². The van der Waals surface area contributed by atoms with Gasteiger partial charge in [0.05, 0.1) is 18.0 Å². The highest BCUT2D eigenvalue weighted by molar-refractivity contribution is 6.53. The number of para-hydroxylation sites is 1. The Morgan fingerprint density at radius 3 is 2.40 bits per heavy atom. The molecule has 1 aliphatic rings. The average Bonchev–Trinajstić information content (AvgIpc) is 2.81. The van der Waals surface area contributed by atoms with Gasteiger partial charge in [-0.15, -0.1) is 0 Å². The van der Waals surface area contributed by atoms with E-state index in [9.17, 15) is 14.0 Å². The Morgan fingerprint density at radius 2 is 1.76 bits per heavy atom. The van der Waals surface area contributed by atoms with Crippen LogP contribution in [0.2, 0.25) is 0 Å². The third-order valence-corrected chi connectivity index (χ3v) is 3.92. The van der Waals surface area contributed by atoms with E-state index in [1.165, 1.54) is 18.2 Å². The molecule has 25 heavy (non-hydrogen) atoms. The Hall–Kier alpha value is -2.86. The quantitative estimate of drug-likeness (QED) is 0.827. The van der Waals surface area contributed by atoms with Crippen LogP contribution >= 0.6 is 11.6 Å². The molecule has 0 saturated carbocycles. The SMILES string of the molecule is CCOc1ccc(N2C(=O)C(Cl)=C(Nc3ccccc3F)C2=O)cc1. The summed E-state index contributed by atoms with van der Waals surface area (Å²) in [5, 5.41) is 2.32. The van der Waals surface area contributed by atoms with Gasteiger partial charge in [-0.1, -0.05) is 23.7 Å². The first kappa shape index (κ1) is 17.0. The fourth-order valence-electron chi connectivity index (χ4n) is 2.40. The van der Waals surface area contributed by atoms with Crippen molar-refractivity contribution in [2.75, 3.05) is 16.8 Å². The van der Waals surface area contributed by atoms with Crippen molar-refractivity contribution in [2.45, 2.75) is 6.92 Å². The Balaban J connectivity index is 1.87. The summed E-state index contributed by atoms with van der Waals surface area (Å²) in [6.07, 6.45) is 0. The number of nitrogens with one attached hydrogen (secondary N) is 1. The van der Waals surface area contributed by atoms with Gasteiger partial charge in [-0.2, -0.15) is 0 Å². The van der Waals surface area contributed by atoms with Gasteiger partial charge in [-0.25, -0.2) is 9.29 Å². The summed E-state index contributed by atoms with van der Waals surface area (Å²) >= 11 is 6.01. The molecule has 0 saturated heterocycles. The first-order valence-electron chi connectivity index (χ1n) is 7.56. The first-order valence-corrected chi connectivity index (χ1v) is 7.93. The van der Waals surface area contributed by atoms with Crippen molar-refractivity contribution in [1.29, 1.82) is 0 Å². The minimum Gasteiger partial charge on any atom is -0.494 e. The predicted molar refractivity (Wildman–Crippen MR) is 93.0 cm³/mol. The van der Waals surface area contributed by atoms with E-state index in [0.29, 0.717) is 18.0 Å². The van der Waals surface area contributed by atoms with Gasteiger partial charge in [0, 0.05) is 0 Å². The van der Waals surface area contributed by atoms with E-state index in [4.69, 9.17) is 16.3 Å². The maximum atomic E-state index is 13.8. The van der Waals surface area contributed by atoms with Crippen LogP contribution in [0.3, 0.4) is 0 Å². The van der Waals surface area contributed by atoms with E-state index >= 15 is 0 Å². The number of hydrogen-bond acceptors (Lipinski definition) is 4. The largest absolute Gasteiger partial charge is 0.494 e. The van der Waals surface area contributed by atoms with Gasteiger partial charge in [-0.05, 0) is 43.3 Å². The van der Waals surface area contributed by atoms with Crippen molar-refractivity contribution < 1.29 is 18.7 Å². The first-order chi connectivity index (χ1) is 12.0. The number of hydrogen-bond donors (Lipinski definition) is 1. The Kier molecular flexibility index (Phi) is 4.72. The molecule has 0 bridgehead atoms. The lowest BCUT2D eigenvalue weighted by Crippen LogP contribution is -2.32. The summed E-state index contributed by atoms with van der Waals surface area (Å²) in [6.45, 7) is 2.36. The Labute approximate surface area is 148 Å². The number of rotatable bonds is 5. The monoisotopic (exact) mass is 360 g/mol. The Bertz CT molecular complexity index is 865. The summed E-state index contributed by atoms with van der Waals surface area (Å²) in [4.78, 5) is 25.9. The number of imide groups is 1. The molecule has 0 fully saturated rings. The molecule has 0 aliphatic carbocycles. The van der Waals surface area contributed by atoms with E-state index in [2.05, 4.69) is 5.32 Å². The molecule has 1 N–H and O–H groups in total. The smallest absolute Gasteiger partial charge is 0.283 e. The van der Waals surface area contributed by atoms with Crippen LogP contribution in [0.4, 0.5) is 15.8 Å². The van der Waals surface area contributed by atoms with Gasteiger partial charge < -0.3 is 10.1 Å². The molecule has 0 unspecified atom stereocenters. The van der Waals surface area contributed by atoms with Crippen molar-refractivity contribution in [3.8, 4) is 5.75 Å². The zero-order valence-corrected chi connectivity index (χ0v) is 14.0. The zero-order chi connectivity index (χ0) is 18.0. The Morgan fingerprint density at radius 1 is 1.08 bits per heavy atom. The molecule has 0 spiro atoms. The molecular formula is C18H14ClFN2O3. The second kappa shape index (κ2) is 6.94. The highest BCUT2D eigenvalue weighted by atomic mass is 35.5. The number of anilines is 2. The summed E-state index contributed by atoms with van der Waals surface area (Å²) in [5.74, 6) is -1.26. The van der Waals surface area contributed by atoms with Gasteiger partial charge in [0.25, 0.3) is 11.8 Å². The van der Waals surface area contributed by atoms with E-state index in [-0.39, 0.29) is 16.4 Å². The van der Waals surface area contributed by atoms with Gasteiger partial charge in [0.15, 0.2) is 0 Å². The second-order valence-corrected chi connectivity index (χ2v) is 5.54. The average molecular weight is 361 g/mol. The molecule has 0 atom stereocenters. The lowest BCUT2D eigenvalue weighted by atomic mass is 10.2. The van der Waals surface area contributed by atoms with Crippen molar-refractivity contribution in [3.05, 3.63) is 65.1 Å². The van der Waals surface area contributed by atoms with E-state index in [1.807, 2.05) is 6.92 Å². The molecule has 2 amide bonds. The number of nitrogens with zero attached hydrogens (tertiary/aromatic N) is 1. The highest BCUT2D eigenvalue weighted by Crippen LogP contribution is 2.31. The fraction of sp³-hybridized carbons (Fsp3) is 0.111. The van der Waals surface area contributed by atoms with Crippen LogP contribution in [-0.4, -0.2) is 18.4 Å². The molecule has 1 heterocycles. The van der Waals surface area contributed by atoms with Crippen LogP contribution in [0, 0.1) is 5.82 Å². The van der Waals surface area contributed by atoms with Crippen molar-refractivity contribution in [2.24, 2.45) is 0 Å². The summed E-state index contributed by atoms with van der Waals surface area (Å²) < 4.78 is 19.1. The molecule has 128 valence electrons. The maximum Gasteiger partial charge on any atom is 0.283 e. The van der Waals surface area contributed by atoms with Gasteiger partial charge >= 0.3 is 0 Å². The summed E-state index contributed by atoms with van der Waals surface area (Å²) in [7, 11) is 0. The topological polar surface area (TPSA) is 58.6 Å². The van der Waals surface area contributed by atoms with Crippen LogP contribution in [0.15, 0.2) is 59.3 Å². The third-order valence-electron chi connectivity index (χ3n) is 3.57. The van der Waals surface area contributed by atoms with E-state index in [0.717, 1.165) is 4.90 Å². The highest BCUT2D eigenvalue weighted by Gasteiger charge is 2.39. The number of benzene rings is 2. The molecule has 2 aromatic rings. The molecule has 5 nitrogen and oxygen atoms in total. The number of carbonyl (C=O) groups is 2.